The van der Waals surface area contributed by atoms with Crippen LogP contribution in [0.2, 0.25) is 0 Å². The number of nitrogens with one attached hydrogen (secondary N) is 1. The minimum Gasteiger partial charge on any atom is -0.312 e. The monoisotopic (exact) mass is 274 g/mol. The van der Waals surface area contributed by atoms with Crippen LogP contribution in [-0.2, 0) is 10.8 Å². The van der Waals surface area contributed by atoms with E-state index >= 15 is 0 Å². The summed E-state index contributed by atoms with van der Waals surface area (Å²) in [5.41, 5.74) is 0. The number of hydrogen-bond acceptors (Lipinski definition) is 3. The van der Waals surface area contributed by atoms with Crippen molar-refractivity contribution in [3.63, 3.8) is 0 Å². The third-order valence-electron chi connectivity index (χ3n) is 4.26. The first-order chi connectivity index (χ1) is 8.58. The van der Waals surface area contributed by atoms with Gasteiger partial charge in [0.15, 0.2) is 0 Å². The van der Waals surface area contributed by atoms with Gasteiger partial charge >= 0.3 is 0 Å². The Morgan fingerprint density at radius 1 is 1.22 bits per heavy atom. The van der Waals surface area contributed by atoms with E-state index in [9.17, 15) is 4.21 Å². The summed E-state index contributed by atoms with van der Waals surface area (Å²) in [4.78, 5) is 2.35. The molecule has 1 rings (SSSR count). The molecule has 0 bridgehead atoms. The Morgan fingerprint density at radius 3 is 2.22 bits per heavy atom. The van der Waals surface area contributed by atoms with Crippen LogP contribution in [-0.4, -0.2) is 53.3 Å². The molecule has 1 aliphatic heterocycles. The second-order valence-electron chi connectivity index (χ2n) is 5.64. The van der Waals surface area contributed by atoms with E-state index in [1.165, 1.54) is 12.8 Å². The number of likely N-dealkylation sites (N-methyl/N-ethyl adjacent to an activating group) is 1. The Bertz CT molecular complexity index is 244. The molecule has 1 N–H and O–H groups in total. The van der Waals surface area contributed by atoms with E-state index in [0.29, 0.717) is 12.1 Å². The molecule has 1 aliphatic rings. The van der Waals surface area contributed by atoms with Crippen LogP contribution in [0.15, 0.2) is 0 Å². The van der Waals surface area contributed by atoms with Gasteiger partial charge in [0.25, 0.3) is 0 Å². The Labute approximate surface area is 115 Å². The molecule has 0 aromatic carbocycles. The van der Waals surface area contributed by atoms with Crippen LogP contribution in [0.5, 0.6) is 0 Å². The average Bonchev–Trinajstić information content (AvgIpc) is 2.36. The van der Waals surface area contributed by atoms with Crippen molar-refractivity contribution in [1.29, 1.82) is 0 Å². The first kappa shape index (κ1) is 16.1. The van der Waals surface area contributed by atoms with Gasteiger partial charge in [0, 0.05) is 40.9 Å². The molecule has 1 heterocycles. The standard InChI is InChI=1S/C14H30N2OS/c1-5-12(6-2)14(16(3)4)11-15-13-7-9-18(17)10-8-13/h12-15H,5-11H2,1-4H3. The van der Waals surface area contributed by atoms with Crippen LogP contribution in [0.25, 0.3) is 0 Å². The van der Waals surface area contributed by atoms with E-state index in [2.05, 4.69) is 38.2 Å². The van der Waals surface area contributed by atoms with E-state index in [1.807, 2.05) is 0 Å². The molecule has 1 unspecified atom stereocenters. The van der Waals surface area contributed by atoms with Crippen molar-refractivity contribution in [2.45, 2.75) is 51.6 Å². The van der Waals surface area contributed by atoms with Gasteiger partial charge in [0.05, 0.1) is 0 Å². The van der Waals surface area contributed by atoms with Crippen LogP contribution < -0.4 is 5.32 Å². The molecule has 4 heteroatoms. The largest absolute Gasteiger partial charge is 0.312 e. The molecule has 0 aromatic heterocycles. The van der Waals surface area contributed by atoms with Crippen molar-refractivity contribution < 1.29 is 4.21 Å². The lowest BCUT2D eigenvalue weighted by atomic mass is 9.93. The van der Waals surface area contributed by atoms with E-state index in [-0.39, 0.29) is 0 Å². The molecule has 3 nitrogen and oxygen atoms in total. The Balaban J connectivity index is 2.39. The molecule has 1 atom stereocenters. The van der Waals surface area contributed by atoms with Crippen molar-refractivity contribution in [3.05, 3.63) is 0 Å². The summed E-state index contributed by atoms with van der Waals surface area (Å²) in [6, 6.07) is 1.20. The fraction of sp³-hybridized carbons (Fsp3) is 1.00. The van der Waals surface area contributed by atoms with Crippen molar-refractivity contribution in [2.75, 3.05) is 32.1 Å². The smallest absolute Gasteiger partial charge is 0.0249 e. The third-order valence-corrected chi connectivity index (χ3v) is 5.64. The second kappa shape index (κ2) is 8.28. The summed E-state index contributed by atoms with van der Waals surface area (Å²) in [7, 11) is 3.82. The quantitative estimate of drug-likeness (QED) is 0.769. The number of rotatable bonds is 7. The molecule has 0 radical (unpaired) electrons. The summed E-state index contributed by atoms with van der Waals surface area (Å²) < 4.78 is 11.3. The molecule has 0 amide bonds. The molecule has 108 valence electrons. The topological polar surface area (TPSA) is 32.3 Å². The van der Waals surface area contributed by atoms with Gasteiger partial charge in [-0.2, -0.15) is 0 Å². The maximum Gasteiger partial charge on any atom is 0.0249 e. The minimum atomic E-state index is -0.546. The normalized spacial score (nSPS) is 26.8. The summed E-state index contributed by atoms with van der Waals surface area (Å²) in [6.07, 6.45) is 4.65. The first-order valence-electron chi connectivity index (χ1n) is 7.33. The molecule has 0 aromatic rings. The average molecular weight is 274 g/mol. The summed E-state index contributed by atoms with van der Waals surface area (Å²) in [5, 5.41) is 3.70. The van der Waals surface area contributed by atoms with E-state index in [1.54, 1.807) is 0 Å². The SMILES string of the molecule is CCC(CC)C(CNC1CCS(=O)CC1)N(C)C. The molecular formula is C14H30N2OS. The molecule has 0 spiro atoms. The molecular weight excluding hydrogens is 244 g/mol. The number of nitrogens with zero attached hydrogens (tertiary/aromatic N) is 1. The zero-order valence-electron chi connectivity index (χ0n) is 12.4. The summed E-state index contributed by atoms with van der Waals surface area (Å²) in [6.45, 7) is 5.64. The van der Waals surface area contributed by atoms with Crippen LogP contribution in [0.3, 0.4) is 0 Å². The molecule has 1 fully saturated rings. The van der Waals surface area contributed by atoms with Gasteiger partial charge in [-0.05, 0) is 32.9 Å². The maximum atomic E-state index is 11.3. The highest BCUT2D eigenvalue weighted by atomic mass is 32.2. The third kappa shape index (κ3) is 4.98. The van der Waals surface area contributed by atoms with Gasteiger partial charge in [-0.15, -0.1) is 0 Å². The predicted octanol–water partition coefficient (Wildman–Crippen LogP) is 1.85. The summed E-state index contributed by atoms with van der Waals surface area (Å²) >= 11 is 0. The van der Waals surface area contributed by atoms with Crippen LogP contribution in [0, 0.1) is 5.92 Å². The van der Waals surface area contributed by atoms with Gasteiger partial charge in [-0.1, -0.05) is 26.7 Å². The Kier molecular flexibility index (Phi) is 7.42. The van der Waals surface area contributed by atoms with Crippen molar-refractivity contribution in [2.24, 2.45) is 5.92 Å². The first-order valence-corrected chi connectivity index (χ1v) is 8.82. The van der Waals surface area contributed by atoms with Crippen molar-refractivity contribution in [1.82, 2.24) is 10.2 Å². The molecule has 0 saturated carbocycles. The predicted molar refractivity (Wildman–Crippen MR) is 80.4 cm³/mol. The van der Waals surface area contributed by atoms with Gasteiger partial charge in [0.1, 0.15) is 0 Å². The molecule has 1 saturated heterocycles. The zero-order chi connectivity index (χ0) is 13.5. The van der Waals surface area contributed by atoms with E-state index in [0.717, 1.165) is 36.8 Å². The van der Waals surface area contributed by atoms with E-state index < -0.39 is 10.8 Å². The summed E-state index contributed by atoms with van der Waals surface area (Å²) in [5.74, 6) is 2.54. The Hall–Kier alpha value is 0.0700. The van der Waals surface area contributed by atoms with Crippen LogP contribution in [0.1, 0.15) is 39.5 Å². The highest BCUT2D eigenvalue weighted by molar-refractivity contribution is 7.85. The van der Waals surface area contributed by atoms with Gasteiger partial charge < -0.3 is 10.2 Å². The lowest BCUT2D eigenvalue weighted by Gasteiger charge is -2.33. The maximum absolute atomic E-state index is 11.3. The van der Waals surface area contributed by atoms with E-state index in [4.69, 9.17) is 0 Å². The van der Waals surface area contributed by atoms with Gasteiger partial charge in [-0.3, -0.25) is 4.21 Å². The minimum absolute atomic E-state index is 0.546. The van der Waals surface area contributed by atoms with Gasteiger partial charge in [0.2, 0.25) is 0 Å². The van der Waals surface area contributed by atoms with Gasteiger partial charge in [-0.25, -0.2) is 0 Å². The number of hydrogen-bond donors (Lipinski definition) is 1. The zero-order valence-corrected chi connectivity index (χ0v) is 13.3. The fourth-order valence-corrected chi connectivity index (χ4v) is 4.19. The van der Waals surface area contributed by atoms with Crippen LogP contribution >= 0.6 is 0 Å². The lowest BCUT2D eigenvalue weighted by molar-refractivity contribution is 0.188. The highest BCUT2D eigenvalue weighted by Gasteiger charge is 2.23. The second-order valence-corrected chi connectivity index (χ2v) is 7.33. The fourth-order valence-electron chi connectivity index (χ4n) is 2.89. The van der Waals surface area contributed by atoms with Crippen LogP contribution in [0.4, 0.5) is 0 Å². The molecule has 0 aliphatic carbocycles. The van der Waals surface area contributed by atoms with Crippen molar-refractivity contribution >= 4 is 10.8 Å². The van der Waals surface area contributed by atoms with Crippen molar-refractivity contribution in [3.8, 4) is 0 Å². The molecule has 18 heavy (non-hydrogen) atoms. The highest BCUT2D eigenvalue weighted by Crippen LogP contribution is 2.17. The lowest BCUT2D eigenvalue weighted by Crippen LogP contribution is -2.47. The Morgan fingerprint density at radius 2 is 1.78 bits per heavy atom.